The van der Waals surface area contributed by atoms with Crippen molar-refractivity contribution in [3.05, 3.63) is 30.1 Å². The minimum atomic E-state index is -0.440. The van der Waals surface area contributed by atoms with Gasteiger partial charge >= 0.3 is 5.97 Å². The second-order valence-electron chi connectivity index (χ2n) is 5.46. The summed E-state index contributed by atoms with van der Waals surface area (Å²) in [4.78, 5) is 16.5. The predicted molar refractivity (Wildman–Crippen MR) is 81.3 cm³/mol. The predicted octanol–water partition coefficient (Wildman–Crippen LogP) is 3.02. The molecule has 0 radical (unpaired) electrons. The molecule has 0 saturated heterocycles. The van der Waals surface area contributed by atoms with E-state index >= 15 is 0 Å². The Kier molecular flexibility index (Phi) is 4.46. The van der Waals surface area contributed by atoms with Crippen LogP contribution in [0.5, 0.6) is 0 Å². The molecule has 1 aliphatic carbocycles. The van der Waals surface area contributed by atoms with Crippen LogP contribution in [0, 0.1) is 0 Å². The fourth-order valence-electron chi connectivity index (χ4n) is 2.95. The van der Waals surface area contributed by atoms with E-state index in [-0.39, 0.29) is 11.7 Å². The Hall–Kier alpha value is -2.24. The van der Waals surface area contributed by atoms with Crippen LogP contribution in [0.15, 0.2) is 24.4 Å². The summed E-state index contributed by atoms with van der Waals surface area (Å²) in [5.41, 5.74) is 1.64. The van der Waals surface area contributed by atoms with E-state index in [1.54, 1.807) is 13.1 Å². The van der Waals surface area contributed by atoms with Crippen LogP contribution in [0.1, 0.15) is 55.6 Å². The molecule has 0 amide bonds. The van der Waals surface area contributed by atoms with Crippen LogP contribution in [0.4, 0.5) is 0 Å². The SMILES string of the molecule is CCOC(=O)c1nnn(C2CCCCC2)c1-c1ccccn1. The number of pyridine rings is 1. The smallest absolute Gasteiger partial charge is 0.361 e. The van der Waals surface area contributed by atoms with Gasteiger partial charge < -0.3 is 4.74 Å². The first-order valence-corrected chi connectivity index (χ1v) is 7.85. The van der Waals surface area contributed by atoms with Gasteiger partial charge in [0.05, 0.1) is 18.3 Å². The molecule has 116 valence electrons. The zero-order chi connectivity index (χ0) is 15.4. The molecule has 0 aliphatic heterocycles. The van der Waals surface area contributed by atoms with Gasteiger partial charge in [-0.15, -0.1) is 5.10 Å². The fourth-order valence-corrected chi connectivity index (χ4v) is 2.95. The first kappa shape index (κ1) is 14.7. The lowest BCUT2D eigenvalue weighted by molar-refractivity contribution is 0.0520. The van der Waals surface area contributed by atoms with Crippen molar-refractivity contribution < 1.29 is 9.53 Å². The molecule has 1 saturated carbocycles. The summed E-state index contributed by atoms with van der Waals surface area (Å²) in [6.07, 6.45) is 7.45. The minimum absolute atomic E-state index is 0.256. The maximum atomic E-state index is 12.2. The van der Waals surface area contributed by atoms with Crippen LogP contribution in [-0.2, 0) is 4.74 Å². The van der Waals surface area contributed by atoms with E-state index < -0.39 is 5.97 Å². The van der Waals surface area contributed by atoms with Crippen molar-refractivity contribution in [3.8, 4) is 11.4 Å². The minimum Gasteiger partial charge on any atom is -0.461 e. The molecule has 2 heterocycles. The molecule has 2 aromatic heterocycles. The van der Waals surface area contributed by atoms with Gasteiger partial charge in [-0.1, -0.05) is 30.5 Å². The van der Waals surface area contributed by atoms with Gasteiger partial charge in [-0.2, -0.15) is 0 Å². The number of carbonyl (C=O) groups is 1. The van der Waals surface area contributed by atoms with Gasteiger partial charge in [0, 0.05) is 6.20 Å². The van der Waals surface area contributed by atoms with E-state index in [0.29, 0.717) is 18.0 Å². The molecule has 6 heteroatoms. The monoisotopic (exact) mass is 300 g/mol. The zero-order valence-corrected chi connectivity index (χ0v) is 12.7. The summed E-state index contributed by atoms with van der Waals surface area (Å²) >= 11 is 0. The van der Waals surface area contributed by atoms with Gasteiger partial charge in [0.2, 0.25) is 0 Å². The quantitative estimate of drug-likeness (QED) is 0.812. The Morgan fingerprint density at radius 2 is 2.14 bits per heavy atom. The van der Waals surface area contributed by atoms with Crippen LogP contribution >= 0.6 is 0 Å². The molecule has 22 heavy (non-hydrogen) atoms. The average Bonchev–Trinajstić information content (AvgIpc) is 3.02. The lowest BCUT2D eigenvalue weighted by Gasteiger charge is -2.23. The van der Waals surface area contributed by atoms with Crippen molar-refractivity contribution in [3.63, 3.8) is 0 Å². The largest absolute Gasteiger partial charge is 0.461 e. The molecule has 0 spiro atoms. The van der Waals surface area contributed by atoms with E-state index in [1.165, 1.54) is 19.3 Å². The summed E-state index contributed by atoms with van der Waals surface area (Å²) in [5, 5.41) is 8.33. The second kappa shape index (κ2) is 6.68. The summed E-state index contributed by atoms with van der Waals surface area (Å²) in [5.74, 6) is -0.440. The first-order valence-electron chi connectivity index (χ1n) is 7.85. The normalized spacial score (nSPS) is 15.7. The number of carbonyl (C=O) groups excluding carboxylic acids is 1. The van der Waals surface area contributed by atoms with Gasteiger partial charge in [-0.3, -0.25) is 4.98 Å². The molecule has 0 bridgehead atoms. The molecule has 1 fully saturated rings. The van der Waals surface area contributed by atoms with Crippen molar-refractivity contribution in [2.24, 2.45) is 0 Å². The van der Waals surface area contributed by atoms with E-state index in [2.05, 4.69) is 15.3 Å². The highest BCUT2D eigenvalue weighted by Gasteiger charge is 2.27. The first-order chi connectivity index (χ1) is 10.8. The van der Waals surface area contributed by atoms with Crippen LogP contribution in [-0.4, -0.2) is 32.6 Å². The summed E-state index contributed by atoms with van der Waals surface area (Å²) in [6.45, 7) is 2.10. The van der Waals surface area contributed by atoms with Crippen LogP contribution in [0.25, 0.3) is 11.4 Å². The number of hydrogen-bond donors (Lipinski definition) is 0. The lowest BCUT2D eigenvalue weighted by atomic mass is 9.95. The number of esters is 1. The summed E-state index contributed by atoms with van der Waals surface area (Å²) in [7, 11) is 0. The maximum Gasteiger partial charge on any atom is 0.361 e. The topological polar surface area (TPSA) is 69.9 Å². The standard InChI is InChI=1S/C16H20N4O2/c1-2-22-16(21)14-15(13-10-6-7-11-17-13)20(19-18-14)12-8-4-3-5-9-12/h6-7,10-12H,2-5,8-9H2,1H3. The van der Waals surface area contributed by atoms with E-state index in [9.17, 15) is 4.79 Å². The number of rotatable bonds is 4. The van der Waals surface area contributed by atoms with Crippen molar-refractivity contribution in [2.45, 2.75) is 45.1 Å². The summed E-state index contributed by atoms with van der Waals surface area (Å²) in [6, 6.07) is 5.90. The maximum absolute atomic E-state index is 12.2. The third-order valence-corrected chi connectivity index (χ3v) is 3.99. The third-order valence-electron chi connectivity index (χ3n) is 3.99. The second-order valence-corrected chi connectivity index (χ2v) is 5.46. The molecule has 0 N–H and O–H groups in total. The molecule has 3 rings (SSSR count). The van der Waals surface area contributed by atoms with Crippen molar-refractivity contribution in [2.75, 3.05) is 6.61 Å². The number of ether oxygens (including phenoxy) is 1. The number of aromatic nitrogens is 4. The van der Waals surface area contributed by atoms with Crippen LogP contribution < -0.4 is 0 Å². The van der Waals surface area contributed by atoms with Crippen LogP contribution in [0.3, 0.4) is 0 Å². The Bertz CT molecular complexity index is 633. The molecule has 0 atom stereocenters. The van der Waals surface area contributed by atoms with E-state index in [4.69, 9.17) is 4.74 Å². The van der Waals surface area contributed by atoms with Gasteiger partial charge in [0.1, 0.15) is 5.69 Å². The summed E-state index contributed by atoms with van der Waals surface area (Å²) < 4.78 is 6.98. The van der Waals surface area contributed by atoms with Gasteiger partial charge in [-0.05, 0) is 31.9 Å². The highest BCUT2D eigenvalue weighted by atomic mass is 16.5. The van der Waals surface area contributed by atoms with Crippen molar-refractivity contribution in [1.82, 2.24) is 20.0 Å². The average molecular weight is 300 g/mol. The Labute approximate surface area is 129 Å². The molecule has 1 aliphatic rings. The highest BCUT2D eigenvalue weighted by Crippen LogP contribution is 2.32. The molecule has 0 aromatic carbocycles. The molecule has 2 aromatic rings. The van der Waals surface area contributed by atoms with Gasteiger partial charge in [0.15, 0.2) is 5.69 Å². The van der Waals surface area contributed by atoms with Gasteiger partial charge in [0.25, 0.3) is 0 Å². The number of nitrogens with zero attached hydrogens (tertiary/aromatic N) is 4. The lowest BCUT2D eigenvalue weighted by Crippen LogP contribution is -2.16. The molecular weight excluding hydrogens is 280 g/mol. The molecule has 6 nitrogen and oxygen atoms in total. The number of hydrogen-bond acceptors (Lipinski definition) is 5. The third kappa shape index (κ3) is 2.86. The van der Waals surface area contributed by atoms with Crippen molar-refractivity contribution >= 4 is 5.97 Å². The zero-order valence-electron chi connectivity index (χ0n) is 12.7. The molecular formula is C16H20N4O2. The Balaban J connectivity index is 2.04. The fraction of sp³-hybridized carbons (Fsp3) is 0.500. The van der Waals surface area contributed by atoms with Crippen LogP contribution in [0.2, 0.25) is 0 Å². The molecule has 0 unspecified atom stereocenters. The van der Waals surface area contributed by atoms with E-state index in [0.717, 1.165) is 12.8 Å². The van der Waals surface area contributed by atoms with Crippen molar-refractivity contribution in [1.29, 1.82) is 0 Å². The highest BCUT2D eigenvalue weighted by molar-refractivity contribution is 5.93. The van der Waals surface area contributed by atoms with E-state index in [1.807, 2.05) is 22.9 Å². The van der Waals surface area contributed by atoms with Gasteiger partial charge in [-0.25, -0.2) is 9.48 Å². The Morgan fingerprint density at radius 1 is 1.32 bits per heavy atom. The Morgan fingerprint density at radius 3 is 2.82 bits per heavy atom.